The summed E-state index contributed by atoms with van der Waals surface area (Å²) in [6, 6.07) is 0. The number of rotatable bonds is 38. The van der Waals surface area contributed by atoms with E-state index in [0.717, 1.165) is 116 Å². The molecule has 0 aliphatic rings. The Hall–Kier alpha value is -3.67. The van der Waals surface area contributed by atoms with Gasteiger partial charge < -0.3 is 14.2 Å². The van der Waals surface area contributed by atoms with Crippen LogP contribution in [0.2, 0.25) is 0 Å². The lowest BCUT2D eigenvalue weighted by Crippen LogP contribution is -2.30. The second kappa shape index (κ2) is 44.0. The van der Waals surface area contributed by atoms with Gasteiger partial charge in [0.25, 0.3) is 0 Å². The highest BCUT2D eigenvalue weighted by Crippen LogP contribution is 2.13. The molecule has 0 aromatic heterocycles. The predicted molar refractivity (Wildman–Crippen MR) is 237 cm³/mol. The number of carbonyl (C=O) groups excluding carboxylic acids is 3. The highest BCUT2D eigenvalue weighted by Gasteiger charge is 2.19. The topological polar surface area (TPSA) is 78.9 Å². The monoisotopic (exact) mass is 777 g/mol. The molecule has 56 heavy (non-hydrogen) atoms. The van der Waals surface area contributed by atoms with E-state index in [1.165, 1.54) is 25.7 Å². The maximum absolute atomic E-state index is 12.7. The van der Waals surface area contributed by atoms with Crippen molar-refractivity contribution in [1.29, 1.82) is 0 Å². The highest BCUT2D eigenvalue weighted by atomic mass is 16.6. The van der Waals surface area contributed by atoms with Crippen molar-refractivity contribution < 1.29 is 28.6 Å². The summed E-state index contributed by atoms with van der Waals surface area (Å²) in [7, 11) is 0. The van der Waals surface area contributed by atoms with E-state index < -0.39 is 6.10 Å². The van der Waals surface area contributed by atoms with Crippen molar-refractivity contribution in [2.45, 2.75) is 187 Å². The van der Waals surface area contributed by atoms with Gasteiger partial charge in [0.1, 0.15) is 13.2 Å². The largest absolute Gasteiger partial charge is 0.462 e. The first kappa shape index (κ1) is 52.3. The van der Waals surface area contributed by atoms with Crippen molar-refractivity contribution in [2.75, 3.05) is 13.2 Å². The lowest BCUT2D eigenvalue weighted by molar-refractivity contribution is -0.167. The molecule has 0 amide bonds. The van der Waals surface area contributed by atoms with Crippen LogP contribution < -0.4 is 0 Å². The van der Waals surface area contributed by atoms with Gasteiger partial charge in [0.15, 0.2) is 6.10 Å². The van der Waals surface area contributed by atoms with Gasteiger partial charge in [-0.05, 0) is 89.9 Å². The van der Waals surface area contributed by atoms with Crippen molar-refractivity contribution in [3.63, 3.8) is 0 Å². The number of unbranched alkanes of at least 4 members (excludes halogenated alkanes) is 14. The molecule has 0 fully saturated rings. The highest BCUT2D eigenvalue weighted by molar-refractivity contribution is 5.71. The molecule has 0 aromatic rings. The summed E-state index contributed by atoms with van der Waals surface area (Å²) >= 11 is 0. The van der Waals surface area contributed by atoms with E-state index in [1.807, 2.05) is 24.3 Å². The summed E-state index contributed by atoms with van der Waals surface area (Å²) in [6.45, 7) is 6.18. The zero-order valence-corrected chi connectivity index (χ0v) is 35.9. The standard InChI is InChI=1S/C50H80O6/c1-4-7-10-13-16-19-21-23-25-27-28-31-34-37-40-43-49(52)55-46-47(45-54-48(51)42-39-36-33-30-18-15-12-9-6-3)56-50(53)44-41-38-35-32-29-26-24-22-20-17-14-11-8-5-2/h7-13,16-21,23,25,30,47H,4-6,14-15,22,24,26-29,31-46H2,1-3H3/b10-7-,11-8-,12-9-,16-13-,20-17-,21-19-,25-23-,30-18-. The fraction of sp³-hybridized carbons (Fsp3) is 0.620. The SMILES string of the molecule is CC\C=C/C=C\C=C/C=C\CCCCCCCC(=O)OCC(COC(=O)CCCC/C=C\C/C=C\CC)OC(=O)CCCCCCCCC/C=C\C/C=C\CC. The van der Waals surface area contributed by atoms with Crippen LogP contribution in [0, 0.1) is 0 Å². The Bertz CT molecular complexity index is 1170. The zero-order valence-electron chi connectivity index (χ0n) is 35.9. The number of carbonyl (C=O) groups is 3. The number of esters is 3. The molecule has 1 unspecified atom stereocenters. The second-order valence-corrected chi connectivity index (χ2v) is 14.3. The molecule has 0 saturated carbocycles. The molecule has 6 nitrogen and oxygen atoms in total. The van der Waals surface area contributed by atoms with E-state index in [4.69, 9.17) is 14.2 Å². The van der Waals surface area contributed by atoms with Crippen LogP contribution in [0.5, 0.6) is 0 Å². The molecule has 0 radical (unpaired) electrons. The maximum Gasteiger partial charge on any atom is 0.306 e. The first-order valence-corrected chi connectivity index (χ1v) is 22.3. The van der Waals surface area contributed by atoms with Gasteiger partial charge in [0.05, 0.1) is 0 Å². The number of hydrogen-bond acceptors (Lipinski definition) is 6. The minimum atomic E-state index is -0.803. The summed E-state index contributed by atoms with van der Waals surface area (Å²) < 4.78 is 16.6. The number of ether oxygens (including phenoxy) is 3. The van der Waals surface area contributed by atoms with Gasteiger partial charge in [0.2, 0.25) is 0 Å². The molecule has 0 N–H and O–H groups in total. The molecule has 316 valence electrons. The fourth-order valence-electron chi connectivity index (χ4n) is 5.64. The van der Waals surface area contributed by atoms with Crippen LogP contribution in [-0.2, 0) is 28.6 Å². The molecule has 0 aliphatic carbocycles. The van der Waals surface area contributed by atoms with Crippen molar-refractivity contribution in [1.82, 2.24) is 0 Å². The molecule has 0 rings (SSSR count). The number of allylic oxidation sites excluding steroid dienone is 16. The summed E-state index contributed by atoms with van der Waals surface area (Å²) in [4.78, 5) is 37.7. The van der Waals surface area contributed by atoms with Crippen LogP contribution in [0.15, 0.2) is 97.2 Å². The van der Waals surface area contributed by atoms with Crippen LogP contribution in [-0.4, -0.2) is 37.2 Å². The lowest BCUT2D eigenvalue weighted by atomic mass is 10.1. The average molecular weight is 777 g/mol. The minimum absolute atomic E-state index is 0.105. The first-order valence-electron chi connectivity index (χ1n) is 22.3. The summed E-state index contributed by atoms with van der Waals surface area (Å²) in [5, 5.41) is 0. The van der Waals surface area contributed by atoms with Gasteiger partial charge in [-0.1, -0.05) is 169 Å². The van der Waals surface area contributed by atoms with Gasteiger partial charge in [-0.2, -0.15) is 0 Å². The van der Waals surface area contributed by atoms with E-state index in [1.54, 1.807) is 0 Å². The third kappa shape index (κ3) is 41.5. The third-order valence-electron chi connectivity index (χ3n) is 8.91. The van der Waals surface area contributed by atoms with Crippen LogP contribution >= 0.6 is 0 Å². The zero-order chi connectivity index (χ0) is 40.8. The van der Waals surface area contributed by atoms with Crippen molar-refractivity contribution in [2.24, 2.45) is 0 Å². The maximum atomic E-state index is 12.7. The normalized spacial score (nSPS) is 13.0. The first-order chi connectivity index (χ1) is 27.5. The molecule has 6 heteroatoms. The Morgan fingerprint density at radius 3 is 1.23 bits per heavy atom. The van der Waals surface area contributed by atoms with E-state index in [-0.39, 0.29) is 31.1 Å². The van der Waals surface area contributed by atoms with Gasteiger partial charge >= 0.3 is 17.9 Å². The van der Waals surface area contributed by atoms with Crippen LogP contribution in [0.4, 0.5) is 0 Å². The molecule has 0 spiro atoms. The van der Waals surface area contributed by atoms with Crippen LogP contribution in [0.1, 0.15) is 181 Å². The summed E-state index contributed by atoms with van der Waals surface area (Å²) in [5.74, 6) is -0.984. The Balaban J connectivity index is 4.46. The van der Waals surface area contributed by atoms with E-state index in [0.29, 0.717) is 19.3 Å². The van der Waals surface area contributed by atoms with E-state index >= 15 is 0 Å². The number of hydrogen-bond donors (Lipinski definition) is 0. The molecular formula is C50H80O6. The van der Waals surface area contributed by atoms with E-state index in [2.05, 4.69) is 93.7 Å². The van der Waals surface area contributed by atoms with Crippen LogP contribution in [0.25, 0.3) is 0 Å². The molecular weight excluding hydrogens is 697 g/mol. The molecule has 1 atom stereocenters. The lowest BCUT2D eigenvalue weighted by Gasteiger charge is -2.18. The van der Waals surface area contributed by atoms with E-state index in [9.17, 15) is 14.4 Å². The second-order valence-electron chi connectivity index (χ2n) is 14.3. The molecule has 0 saturated heterocycles. The third-order valence-corrected chi connectivity index (χ3v) is 8.91. The predicted octanol–water partition coefficient (Wildman–Crippen LogP) is 14.2. The van der Waals surface area contributed by atoms with Gasteiger partial charge in [0, 0.05) is 19.3 Å². The Kier molecular flexibility index (Phi) is 41.2. The van der Waals surface area contributed by atoms with Gasteiger partial charge in [-0.3, -0.25) is 14.4 Å². The van der Waals surface area contributed by atoms with Crippen molar-refractivity contribution in [3.05, 3.63) is 97.2 Å². The van der Waals surface area contributed by atoms with Crippen molar-refractivity contribution >= 4 is 17.9 Å². The average Bonchev–Trinajstić information content (AvgIpc) is 3.19. The van der Waals surface area contributed by atoms with Gasteiger partial charge in [-0.25, -0.2) is 0 Å². The quantitative estimate of drug-likeness (QED) is 0.0204. The Morgan fingerprint density at radius 1 is 0.375 bits per heavy atom. The molecule has 0 bridgehead atoms. The van der Waals surface area contributed by atoms with Crippen LogP contribution in [0.3, 0.4) is 0 Å². The Morgan fingerprint density at radius 2 is 0.732 bits per heavy atom. The molecule has 0 aliphatic heterocycles. The summed E-state index contributed by atoms with van der Waals surface area (Å²) in [6.07, 6.45) is 56.8. The molecule has 0 heterocycles. The fourth-order valence-corrected chi connectivity index (χ4v) is 5.64. The van der Waals surface area contributed by atoms with Crippen molar-refractivity contribution in [3.8, 4) is 0 Å². The Labute approximate surface area is 343 Å². The van der Waals surface area contributed by atoms with Gasteiger partial charge in [-0.15, -0.1) is 0 Å². The smallest absolute Gasteiger partial charge is 0.306 e. The minimum Gasteiger partial charge on any atom is -0.462 e. The summed E-state index contributed by atoms with van der Waals surface area (Å²) in [5.41, 5.74) is 0. The molecule has 0 aromatic carbocycles.